The van der Waals surface area contributed by atoms with E-state index < -0.39 is 5.41 Å². The molecule has 0 N–H and O–H groups in total. The Morgan fingerprint density at radius 3 is 2.60 bits per heavy atom. The number of rotatable bonds is 2. The third-order valence-corrected chi connectivity index (χ3v) is 4.65. The number of halogens is 1. The highest BCUT2D eigenvalue weighted by molar-refractivity contribution is 5.82. The second kappa shape index (κ2) is 6.98. The number of hydrogen-bond acceptors (Lipinski definition) is 3. The fraction of sp³-hybridized carbons (Fsp3) is 0.500. The first kappa shape index (κ1) is 17.6. The Morgan fingerprint density at radius 1 is 1.20 bits per heavy atom. The van der Waals surface area contributed by atoms with Gasteiger partial charge in [0, 0.05) is 23.6 Å². The topological polar surface area (TPSA) is 46.3 Å². The van der Waals surface area contributed by atoms with Gasteiger partial charge >= 0.3 is 0 Å². The van der Waals surface area contributed by atoms with Crippen LogP contribution in [-0.2, 0) is 4.79 Å². The summed E-state index contributed by atoms with van der Waals surface area (Å²) in [6.45, 7) is 6.58. The molecule has 1 aliphatic heterocycles. The zero-order valence-electron chi connectivity index (χ0n) is 15.1. The lowest BCUT2D eigenvalue weighted by atomic mass is 9.93. The maximum Gasteiger partial charge on any atom is 0.228 e. The van der Waals surface area contributed by atoms with Crippen molar-refractivity contribution in [1.29, 1.82) is 0 Å². The highest BCUT2D eigenvalue weighted by atomic mass is 19.1. The van der Waals surface area contributed by atoms with Gasteiger partial charge in [-0.2, -0.15) is 0 Å². The molecule has 0 saturated carbocycles. The molecular weight excluding hydrogens is 319 g/mol. The molecule has 2 heterocycles. The van der Waals surface area contributed by atoms with E-state index >= 15 is 0 Å². The summed E-state index contributed by atoms with van der Waals surface area (Å²) in [6, 6.07) is 7.97. The van der Waals surface area contributed by atoms with Gasteiger partial charge in [0.2, 0.25) is 5.91 Å². The monoisotopic (exact) mass is 344 g/mol. The summed E-state index contributed by atoms with van der Waals surface area (Å²) in [5.74, 6) is 0.566. The van der Waals surface area contributed by atoms with Crippen molar-refractivity contribution < 1.29 is 13.7 Å². The predicted molar refractivity (Wildman–Crippen MR) is 94.3 cm³/mol. The van der Waals surface area contributed by atoms with E-state index in [-0.39, 0.29) is 17.8 Å². The molecule has 1 atom stereocenters. The fourth-order valence-electron chi connectivity index (χ4n) is 3.28. The molecule has 2 aromatic rings. The summed E-state index contributed by atoms with van der Waals surface area (Å²) in [4.78, 5) is 14.8. The summed E-state index contributed by atoms with van der Waals surface area (Å²) < 4.78 is 18.7. The number of amides is 1. The third-order valence-electron chi connectivity index (χ3n) is 4.65. The van der Waals surface area contributed by atoms with Crippen molar-refractivity contribution in [3.63, 3.8) is 0 Å². The van der Waals surface area contributed by atoms with E-state index in [9.17, 15) is 9.18 Å². The van der Waals surface area contributed by atoms with Crippen LogP contribution in [0.5, 0.6) is 0 Å². The summed E-state index contributed by atoms with van der Waals surface area (Å²) in [5.41, 5.74) is 1.05. The molecule has 1 aliphatic rings. The molecule has 1 fully saturated rings. The van der Waals surface area contributed by atoms with E-state index in [1.54, 1.807) is 12.1 Å². The molecule has 134 valence electrons. The second-order valence-corrected chi connectivity index (χ2v) is 7.74. The van der Waals surface area contributed by atoms with Crippen LogP contribution >= 0.6 is 0 Å². The molecule has 5 heteroatoms. The van der Waals surface area contributed by atoms with Crippen molar-refractivity contribution >= 4 is 5.91 Å². The van der Waals surface area contributed by atoms with Gasteiger partial charge in [-0.05, 0) is 37.1 Å². The second-order valence-electron chi connectivity index (χ2n) is 7.74. The molecule has 3 rings (SSSR count). The van der Waals surface area contributed by atoms with Crippen molar-refractivity contribution in [2.45, 2.75) is 52.5 Å². The predicted octanol–water partition coefficient (Wildman–Crippen LogP) is 4.97. The summed E-state index contributed by atoms with van der Waals surface area (Å²) in [5, 5.41) is 4.14. The molecule has 0 aliphatic carbocycles. The largest absolute Gasteiger partial charge is 0.359 e. The van der Waals surface area contributed by atoms with E-state index in [4.69, 9.17) is 4.52 Å². The van der Waals surface area contributed by atoms with Crippen LogP contribution in [-0.4, -0.2) is 22.5 Å². The van der Waals surface area contributed by atoms with Crippen LogP contribution in [0.25, 0.3) is 11.3 Å². The van der Waals surface area contributed by atoms with Crippen LogP contribution in [0.4, 0.5) is 4.39 Å². The third kappa shape index (κ3) is 3.91. The molecule has 0 spiro atoms. The Labute approximate surface area is 148 Å². The lowest BCUT2D eigenvalue weighted by Gasteiger charge is -2.33. The van der Waals surface area contributed by atoms with Crippen LogP contribution in [0.15, 0.2) is 34.9 Å². The minimum atomic E-state index is -0.428. The van der Waals surface area contributed by atoms with Gasteiger partial charge in [-0.3, -0.25) is 4.79 Å². The molecule has 4 nitrogen and oxygen atoms in total. The van der Waals surface area contributed by atoms with Crippen LogP contribution in [0.1, 0.15) is 58.3 Å². The highest BCUT2D eigenvalue weighted by Gasteiger charge is 2.35. The molecule has 1 aromatic heterocycles. The maximum atomic E-state index is 13.1. The van der Waals surface area contributed by atoms with Crippen LogP contribution in [0.2, 0.25) is 0 Å². The number of likely N-dealkylation sites (tertiary alicyclic amines) is 1. The van der Waals surface area contributed by atoms with E-state index in [2.05, 4.69) is 5.16 Å². The van der Waals surface area contributed by atoms with Crippen molar-refractivity contribution in [1.82, 2.24) is 10.1 Å². The zero-order chi connectivity index (χ0) is 18.0. The average molecular weight is 344 g/mol. The van der Waals surface area contributed by atoms with Crippen LogP contribution in [0, 0.1) is 11.2 Å². The van der Waals surface area contributed by atoms with E-state index in [1.165, 1.54) is 12.1 Å². The molecule has 25 heavy (non-hydrogen) atoms. The van der Waals surface area contributed by atoms with Gasteiger partial charge in [-0.1, -0.05) is 38.8 Å². The van der Waals surface area contributed by atoms with Crippen LogP contribution < -0.4 is 0 Å². The first-order chi connectivity index (χ1) is 11.9. The summed E-state index contributed by atoms with van der Waals surface area (Å²) >= 11 is 0. The molecule has 0 unspecified atom stereocenters. The van der Waals surface area contributed by atoms with Crippen molar-refractivity contribution in [3.05, 3.63) is 41.9 Å². The molecule has 1 amide bonds. The molecule has 1 saturated heterocycles. The lowest BCUT2D eigenvalue weighted by Crippen LogP contribution is -2.41. The number of benzene rings is 1. The van der Waals surface area contributed by atoms with Gasteiger partial charge in [0.1, 0.15) is 11.5 Å². The minimum Gasteiger partial charge on any atom is -0.359 e. The minimum absolute atomic E-state index is 0.0871. The lowest BCUT2D eigenvalue weighted by molar-refractivity contribution is -0.142. The number of carbonyl (C=O) groups is 1. The van der Waals surface area contributed by atoms with Gasteiger partial charge < -0.3 is 9.42 Å². The van der Waals surface area contributed by atoms with Crippen LogP contribution in [0.3, 0.4) is 0 Å². The van der Waals surface area contributed by atoms with Gasteiger partial charge in [0.15, 0.2) is 5.76 Å². The molecule has 0 bridgehead atoms. The van der Waals surface area contributed by atoms with Gasteiger partial charge in [-0.15, -0.1) is 0 Å². The fourth-order valence-corrected chi connectivity index (χ4v) is 3.28. The zero-order valence-corrected chi connectivity index (χ0v) is 15.1. The standard InChI is InChI=1S/C20H25FN2O2/c1-20(2,3)19(24)23-12-6-4-5-7-17(23)18-13-16(22-25-18)14-8-10-15(21)11-9-14/h8-11,13,17H,4-7,12H2,1-3H3/t17-/m1/s1. The highest BCUT2D eigenvalue weighted by Crippen LogP contribution is 2.35. The molecular formula is C20H25FN2O2. The quantitative estimate of drug-likeness (QED) is 0.772. The van der Waals surface area contributed by atoms with Gasteiger partial charge in [0.05, 0.1) is 6.04 Å². The first-order valence-corrected chi connectivity index (χ1v) is 8.90. The number of hydrogen-bond donors (Lipinski definition) is 0. The summed E-state index contributed by atoms with van der Waals surface area (Å²) in [7, 11) is 0. The van der Waals surface area contributed by atoms with Gasteiger partial charge in [0.25, 0.3) is 0 Å². The number of nitrogens with zero attached hydrogens (tertiary/aromatic N) is 2. The van der Waals surface area contributed by atoms with Gasteiger partial charge in [-0.25, -0.2) is 4.39 Å². The Bertz CT molecular complexity index is 731. The molecule has 1 aromatic carbocycles. The van der Waals surface area contributed by atoms with E-state index in [0.29, 0.717) is 11.5 Å². The normalized spacial score (nSPS) is 18.9. The van der Waals surface area contributed by atoms with Crippen molar-refractivity contribution in [2.75, 3.05) is 6.54 Å². The Balaban J connectivity index is 1.89. The first-order valence-electron chi connectivity index (χ1n) is 8.90. The smallest absolute Gasteiger partial charge is 0.228 e. The average Bonchev–Trinajstić information content (AvgIpc) is 2.92. The SMILES string of the molecule is CC(C)(C)C(=O)N1CCCCC[C@@H]1c1cc(-c2ccc(F)cc2)no1. The van der Waals surface area contributed by atoms with E-state index in [0.717, 1.165) is 37.8 Å². The summed E-state index contributed by atoms with van der Waals surface area (Å²) in [6.07, 6.45) is 4.06. The maximum absolute atomic E-state index is 13.1. The Kier molecular flexibility index (Phi) is 4.93. The Morgan fingerprint density at radius 2 is 1.92 bits per heavy atom. The Hall–Kier alpha value is -2.17. The van der Waals surface area contributed by atoms with E-state index in [1.807, 2.05) is 31.7 Å². The van der Waals surface area contributed by atoms with Crippen molar-refractivity contribution in [2.24, 2.45) is 5.41 Å². The van der Waals surface area contributed by atoms with Crippen molar-refractivity contribution in [3.8, 4) is 11.3 Å². The number of carbonyl (C=O) groups excluding carboxylic acids is 1. The molecule has 0 radical (unpaired) electrons. The number of aromatic nitrogens is 1.